The van der Waals surface area contributed by atoms with Crippen molar-refractivity contribution in [3.8, 4) is 0 Å². The summed E-state index contributed by atoms with van der Waals surface area (Å²) >= 11 is 3.16. The molecule has 0 radical (unpaired) electrons. The fourth-order valence-electron chi connectivity index (χ4n) is 2.41. The average Bonchev–Trinajstić information content (AvgIpc) is 2.88. The van der Waals surface area contributed by atoms with Crippen LogP contribution in [0.15, 0.2) is 22.7 Å². The molecule has 1 aromatic rings. The number of imide groups is 1. The summed E-state index contributed by atoms with van der Waals surface area (Å²) in [5.74, 6) is -1.48. The molecule has 82 valence electrons. The van der Waals surface area contributed by atoms with Gasteiger partial charge in [-0.3, -0.25) is 14.9 Å². The molecule has 1 N–H and O–H groups in total. The lowest BCUT2D eigenvalue weighted by atomic mass is 9.94. The molecule has 1 aliphatic heterocycles. The van der Waals surface area contributed by atoms with Crippen molar-refractivity contribution < 1.29 is 14.0 Å². The van der Waals surface area contributed by atoms with Gasteiger partial charge < -0.3 is 0 Å². The SMILES string of the molecule is O=C1NC(=O)C2(c3ccc(Br)cc3F)CC12. The highest BCUT2D eigenvalue weighted by Gasteiger charge is 2.70. The zero-order valence-electron chi connectivity index (χ0n) is 8.09. The third-order valence-electron chi connectivity index (χ3n) is 3.33. The predicted octanol–water partition coefficient (Wildman–Crippen LogP) is 1.50. The molecule has 3 rings (SSSR count). The topological polar surface area (TPSA) is 46.2 Å². The molecule has 0 bridgehead atoms. The fourth-order valence-corrected chi connectivity index (χ4v) is 2.75. The second-order valence-corrected chi connectivity index (χ2v) is 5.09. The van der Waals surface area contributed by atoms with E-state index < -0.39 is 11.2 Å². The van der Waals surface area contributed by atoms with Crippen LogP contribution in [0.1, 0.15) is 12.0 Å². The quantitative estimate of drug-likeness (QED) is 0.794. The van der Waals surface area contributed by atoms with Crippen LogP contribution >= 0.6 is 15.9 Å². The lowest BCUT2D eigenvalue weighted by Crippen LogP contribution is -2.30. The third-order valence-corrected chi connectivity index (χ3v) is 3.82. The minimum atomic E-state index is -0.929. The molecule has 16 heavy (non-hydrogen) atoms. The highest BCUT2D eigenvalue weighted by molar-refractivity contribution is 9.10. The van der Waals surface area contributed by atoms with Crippen molar-refractivity contribution in [2.45, 2.75) is 11.8 Å². The van der Waals surface area contributed by atoms with Crippen LogP contribution in [0.3, 0.4) is 0 Å². The number of carbonyl (C=O) groups excluding carboxylic acids is 2. The molecule has 3 nitrogen and oxygen atoms in total. The Morgan fingerprint density at radius 1 is 1.44 bits per heavy atom. The van der Waals surface area contributed by atoms with Gasteiger partial charge in [-0.15, -0.1) is 0 Å². The first-order valence-electron chi connectivity index (χ1n) is 4.86. The number of benzene rings is 1. The van der Waals surface area contributed by atoms with E-state index in [4.69, 9.17) is 0 Å². The van der Waals surface area contributed by atoms with Gasteiger partial charge in [0.1, 0.15) is 5.82 Å². The monoisotopic (exact) mass is 283 g/mol. The van der Waals surface area contributed by atoms with Crippen molar-refractivity contribution in [2.75, 3.05) is 0 Å². The van der Waals surface area contributed by atoms with Crippen molar-refractivity contribution in [1.29, 1.82) is 0 Å². The van der Waals surface area contributed by atoms with Gasteiger partial charge in [0, 0.05) is 10.0 Å². The summed E-state index contributed by atoms with van der Waals surface area (Å²) in [5, 5.41) is 2.24. The largest absolute Gasteiger partial charge is 0.295 e. The maximum atomic E-state index is 13.8. The van der Waals surface area contributed by atoms with Crippen LogP contribution in [-0.2, 0) is 15.0 Å². The Kier molecular flexibility index (Phi) is 1.81. The molecule has 1 saturated heterocycles. The highest BCUT2D eigenvalue weighted by Crippen LogP contribution is 2.58. The van der Waals surface area contributed by atoms with E-state index >= 15 is 0 Å². The Hall–Kier alpha value is -1.23. The van der Waals surface area contributed by atoms with Gasteiger partial charge in [-0.1, -0.05) is 22.0 Å². The smallest absolute Gasteiger partial charge is 0.238 e. The summed E-state index contributed by atoms with van der Waals surface area (Å²) in [4.78, 5) is 23.0. The number of carbonyl (C=O) groups is 2. The Morgan fingerprint density at radius 3 is 2.69 bits per heavy atom. The van der Waals surface area contributed by atoms with E-state index in [9.17, 15) is 14.0 Å². The minimum absolute atomic E-state index is 0.285. The molecular weight excluding hydrogens is 277 g/mol. The fraction of sp³-hybridized carbons (Fsp3) is 0.273. The Bertz CT molecular complexity index is 531. The first-order chi connectivity index (χ1) is 7.55. The van der Waals surface area contributed by atoms with Gasteiger partial charge in [-0.05, 0) is 18.6 Å². The van der Waals surface area contributed by atoms with Gasteiger partial charge >= 0.3 is 0 Å². The Morgan fingerprint density at radius 2 is 2.19 bits per heavy atom. The lowest BCUT2D eigenvalue weighted by Gasteiger charge is -2.11. The molecule has 0 aromatic heterocycles. The zero-order chi connectivity index (χ0) is 11.5. The van der Waals surface area contributed by atoms with Gasteiger partial charge in [0.25, 0.3) is 0 Å². The van der Waals surface area contributed by atoms with Gasteiger partial charge in [0.15, 0.2) is 0 Å². The number of hydrogen-bond donors (Lipinski definition) is 1. The molecule has 1 aliphatic carbocycles. The van der Waals surface area contributed by atoms with Crippen LogP contribution in [0.4, 0.5) is 4.39 Å². The molecule has 1 aromatic carbocycles. The van der Waals surface area contributed by atoms with Gasteiger partial charge in [-0.2, -0.15) is 0 Å². The van der Waals surface area contributed by atoms with Crippen molar-refractivity contribution in [2.24, 2.45) is 5.92 Å². The van der Waals surface area contributed by atoms with E-state index in [2.05, 4.69) is 21.2 Å². The zero-order valence-corrected chi connectivity index (χ0v) is 9.67. The molecule has 2 unspecified atom stereocenters. The summed E-state index contributed by atoms with van der Waals surface area (Å²) in [7, 11) is 0. The van der Waals surface area contributed by atoms with E-state index in [1.165, 1.54) is 6.07 Å². The summed E-state index contributed by atoms with van der Waals surface area (Å²) < 4.78 is 14.4. The van der Waals surface area contributed by atoms with E-state index in [-0.39, 0.29) is 17.7 Å². The summed E-state index contributed by atoms with van der Waals surface area (Å²) in [5.41, 5.74) is -0.606. The number of piperidine rings is 1. The van der Waals surface area contributed by atoms with E-state index in [0.717, 1.165) is 0 Å². The van der Waals surface area contributed by atoms with E-state index in [1.807, 2.05) is 0 Å². The molecular formula is C11H7BrFNO2. The van der Waals surface area contributed by atoms with Crippen molar-refractivity contribution >= 4 is 27.7 Å². The number of hydrogen-bond acceptors (Lipinski definition) is 2. The third kappa shape index (κ3) is 1.06. The van der Waals surface area contributed by atoms with Crippen LogP contribution in [0.25, 0.3) is 0 Å². The van der Waals surface area contributed by atoms with Crippen molar-refractivity contribution in [1.82, 2.24) is 5.32 Å². The predicted molar refractivity (Wildman–Crippen MR) is 57.0 cm³/mol. The van der Waals surface area contributed by atoms with Gasteiger partial charge in [-0.25, -0.2) is 4.39 Å². The maximum Gasteiger partial charge on any atom is 0.238 e. The van der Waals surface area contributed by atoms with Crippen LogP contribution in [0, 0.1) is 11.7 Å². The highest BCUT2D eigenvalue weighted by atomic mass is 79.9. The lowest BCUT2D eigenvalue weighted by molar-refractivity contribution is -0.127. The number of fused-ring (bicyclic) bond motifs is 1. The van der Waals surface area contributed by atoms with Crippen LogP contribution in [0.2, 0.25) is 0 Å². The number of nitrogens with one attached hydrogen (secondary N) is 1. The average molecular weight is 284 g/mol. The first kappa shape index (κ1) is 9.96. The second kappa shape index (κ2) is 2.91. The Balaban J connectivity index is 2.12. The maximum absolute atomic E-state index is 13.8. The van der Waals surface area contributed by atoms with Crippen LogP contribution in [-0.4, -0.2) is 11.8 Å². The normalized spacial score (nSPS) is 31.2. The van der Waals surface area contributed by atoms with Crippen LogP contribution < -0.4 is 5.32 Å². The van der Waals surface area contributed by atoms with Gasteiger partial charge in [0.05, 0.1) is 11.3 Å². The molecule has 2 aliphatic rings. The first-order valence-corrected chi connectivity index (χ1v) is 5.66. The molecule has 2 atom stereocenters. The molecule has 5 heteroatoms. The summed E-state index contributed by atoms with van der Waals surface area (Å²) in [6.07, 6.45) is 0.427. The summed E-state index contributed by atoms with van der Waals surface area (Å²) in [6, 6.07) is 4.56. The van der Waals surface area contributed by atoms with Crippen LogP contribution in [0.5, 0.6) is 0 Å². The Labute approximate surface area is 99.2 Å². The molecule has 0 spiro atoms. The number of amides is 2. The van der Waals surface area contributed by atoms with Crippen molar-refractivity contribution in [3.63, 3.8) is 0 Å². The standard InChI is InChI=1S/C11H7BrFNO2/c12-5-1-2-6(8(13)3-5)11-4-7(11)9(15)14-10(11)16/h1-3,7H,4H2,(H,14,15,16). The summed E-state index contributed by atoms with van der Waals surface area (Å²) in [6.45, 7) is 0. The van der Waals surface area contributed by atoms with Gasteiger partial charge in [0.2, 0.25) is 11.8 Å². The molecule has 2 fully saturated rings. The minimum Gasteiger partial charge on any atom is -0.295 e. The molecule has 1 saturated carbocycles. The van der Waals surface area contributed by atoms with E-state index in [0.29, 0.717) is 16.5 Å². The number of halogens is 2. The molecule has 2 amide bonds. The second-order valence-electron chi connectivity index (χ2n) is 4.17. The molecule has 1 heterocycles. The number of rotatable bonds is 1. The van der Waals surface area contributed by atoms with E-state index in [1.54, 1.807) is 12.1 Å². The van der Waals surface area contributed by atoms with Crippen molar-refractivity contribution in [3.05, 3.63) is 34.1 Å².